The van der Waals surface area contributed by atoms with Crippen LogP contribution in [0.5, 0.6) is 0 Å². The minimum Gasteiger partial charge on any atom is -0.463 e. The van der Waals surface area contributed by atoms with Gasteiger partial charge >= 0.3 is 5.97 Å². The van der Waals surface area contributed by atoms with Crippen LogP contribution >= 0.6 is 0 Å². The molecule has 0 radical (unpaired) electrons. The third-order valence-electron chi connectivity index (χ3n) is 8.02. The molecular formula is C30H54O13. The second-order valence-electron chi connectivity index (χ2n) is 11.6. The average molecular weight is 623 g/mol. The highest BCUT2D eigenvalue weighted by molar-refractivity contribution is 5.69. The van der Waals surface area contributed by atoms with E-state index in [0.29, 0.717) is 12.8 Å². The van der Waals surface area contributed by atoms with Gasteiger partial charge in [-0.15, -0.1) is 0 Å². The molecular weight excluding hydrogens is 568 g/mol. The van der Waals surface area contributed by atoms with Crippen molar-refractivity contribution < 1.29 is 64.6 Å². The standard InChI is InChI=1S/C30H54O13/c1-2-3-4-11-14-20(33)15-12-9-7-5-6-8-10-13-16-23(34)40-18-22-25(36)28(39)30(19-32,42-22)43-29-27(38)26(37)24(35)21(17-31)41-29/h9,12,20-22,24-29,31-33,35-39H,2-8,10-11,13-19H2,1H3/b12-9-/t20-,21-,22-,24-,25-,26+,27-,28+,29-,30+/m1/s1. The van der Waals surface area contributed by atoms with E-state index in [1.54, 1.807) is 0 Å². The molecule has 0 aliphatic carbocycles. The molecule has 0 aromatic heterocycles. The number of hydrogen-bond donors (Lipinski definition) is 8. The molecule has 0 unspecified atom stereocenters. The molecule has 0 spiro atoms. The van der Waals surface area contributed by atoms with E-state index in [1.807, 2.05) is 0 Å². The molecule has 2 rings (SSSR count). The van der Waals surface area contributed by atoms with E-state index in [4.69, 9.17) is 18.9 Å². The summed E-state index contributed by atoms with van der Waals surface area (Å²) in [5, 5.41) is 80.4. The van der Waals surface area contributed by atoms with Gasteiger partial charge in [0.05, 0.1) is 12.7 Å². The molecule has 10 atom stereocenters. The van der Waals surface area contributed by atoms with Gasteiger partial charge in [-0.3, -0.25) is 4.79 Å². The Hall–Kier alpha value is -1.23. The van der Waals surface area contributed by atoms with E-state index in [-0.39, 0.29) is 12.5 Å². The molecule has 8 N–H and O–H groups in total. The Labute approximate surface area is 254 Å². The van der Waals surface area contributed by atoms with Crippen LogP contribution in [-0.4, -0.2) is 128 Å². The maximum Gasteiger partial charge on any atom is 0.305 e. The Morgan fingerprint density at radius 1 is 0.860 bits per heavy atom. The summed E-state index contributed by atoms with van der Waals surface area (Å²) in [5.74, 6) is -2.81. The van der Waals surface area contributed by atoms with Crippen LogP contribution in [0.3, 0.4) is 0 Å². The van der Waals surface area contributed by atoms with Crippen LogP contribution in [0.4, 0.5) is 0 Å². The largest absolute Gasteiger partial charge is 0.463 e. The van der Waals surface area contributed by atoms with Gasteiger partial charge in [0.2, 0.25) is 5.79 Å². The van der Waals surface area contributed by atoms with E-state index < -0.39 is 80.6 Å². The fraction of sp³-hybridized carbons (Fsp3) is 0.900. The van der Waals surface area contributed by atoms with Crippen LogP contribution < -0.4 is 0 Å². The lowest BCUT2D eigenvalue weighted by atomic mass is 9.99. The first-order chi connectivity index (χ1) is 20.6. The van der Waals surface area contributed by atoms with Gasteiger partial charge in [0, 0.05) is 6.42 Å². The number of aliphatic hydroxyl groups is 8. The molecule has 252 valence electrons. The number of unbranched alkanes of at least 4 members (excludes halogenated alkanes) is 8. The van der Waals surface area contributed by atoms with E-state index in [0.717, 1.165) is 44.9 Å². The van der Waals surface area contributed by atoms with Gasteiger partial charge in [0.1, 0.15) is 55.9 Å². The molecule has 2 aliphatic rings. The maximum absolute atomic E-state index is 12.2. The average Bonchev–Trinajstić information content (AvgIpc) is 3.24. The van der Waals surface area contributed by atoms with Crippen LogP contribution in [0.1, 0.15) is 90.4 Å². The van der Waals surface area contributed by atoms with Crippen molar-refractivity contribution in [2.45, 2.75) is 151 Å². The smallest absolute Gasteiger partial charge is 0.305 e. The van der Waals surface area contributed by atoms with Crippen molar-refractivity contribution in [3.8, 4) is 0 Å². The number of esters is 1. The molecule has 13 heteroatoms. The zero-order valence-electron chi connectivity index (χ0n) is 25.3. The van der Waals surface area contributed by atoms with Crippen LogP contribution in [0.2, 0.25) is 0 Å². The number of rotatable bonds is 21. The first-order valence-corrected chi connectivity index (χ1v) is 15.7. The Morgan fingerprint density at radius 3 is 2.26 bits per heavy atom. The lowest BCUT2D eigenvalue weighted by Crippen LogP contribution is -2.62. The summed E-state index contributed by atoms with van der Waals surface area (Å²) in [5.41, 5.74) is 0. The van der Waals surface area contributed by atoms with Gasteiger partial charge in [0.15, 0.2) is 6.29 Å². The minimum absolute atomic E-state index is 0.161. The van der Waals surface area contributed by atoms with E-state index in [9.17, 15) is 45.6 Å². The zero-order chi connectivity index (χ0) is 31.8. The summed E-state index contributed by atoms with van der Waals surface area (Å²) >= 11 is 0. The third kappa shape index (κ3) is 11.9. The molecule has 2 fully saturated rings. The Kier molecular flexibility index (Phi) is 17.7. The van der Waals surface area contributed by atoms with Gasteiger partial charge in [-0.2, -0.15) is 0 Å². The summed E-state index contributed by atoms with van der Waals surface area (Å²) < 4.78 is 21.4. The monoisotopic (exact) mass is 622 g/mol. The first-order valence-electron chi connectivity index (χ1n) is 15.7. The van der Waals surface area contributed by atoms with Crippen molar-refractivity contribution in [2.24, 2.45) is 0 Å². The molecule has 43 heavy (non-hydrogen) atoms. The van der Waals surface area contributed by atoms with Gasteiger partial charge in [-0.05, 0) is 32.1 Å². The lowest BCUT2D eigenvalue weighted by molar-refractivity contribution is -0.383. The van der Waals surface area contributed by atoms with Crippen molar-refractivity contribution >= 4 is 5.97 Å². The van der Waals surface area contributed by atoms with Crippen molar-refractivity contribution in [3.05, 3.63) is 12.2 Å². The highest BCUT2D eigenvalue weighted by atomic mass is 16.8. The number of carbonyl (C=O) groups excluding carboxylic acids is 1. The normalized spacial score (nSPS) is 33.7. The van der Waals surface area contributed by atoms with Crippen LogP contribution in [0.25, 0.3) is 0 Å². The van der Waals surface area contributed by atoms with Crippen molar-refractivity contribution in [3.63, 3.8) is 0 Å². The molecule has 0 saturated carbocycles. The van der Waals surface area contributed by atoms with E-state index in [1.165, 1.54) is 19.3 Å². The number of carbonyl (C=O) groups is 1. The molecule has 2 heterocycles. The molecule has 0 amide bonds. The predicted molar refractivity (Wildman–Crippen MR) is 153 cm³/mol. The van der Waals surface area contributed by atoms with Crippen LogP contribution in [-0.2, 0) is 23.7 Å². The van der Waals surface area contributed by atoms with Gasteiger partial charge < -0.3 is 59.8 Å². The molecule has 2 saturated heterocycles. The summed E-state index contributed by atoms with van der Waals surface area (Å²) in [6.45, 7) is 0.0202. The summed E-state index contributed by atoms with van der Waals surface area (Å²) in [6.07, 6.45) is 2.70. The number of hydrogen-bond acceptors (Lipinski definition) is 13. The SMILES string of the molecule is CCCCCC[C@@H](O)C/C=C\CCCCCCCC(=O)OC[C@H]1O[C@@](CO)(O[C@H]2O[C@H](CO)[C@@H](O)[C@H](O)[C@H]2O)[C@@H](O)[C@@H]1O. The highest BCUT2D eigenvalue weighted by Crippen LogP contribution is 2.36. The minimum atomic E-state index is -2.30. The zero-order valence-corrected chi connectivity index (χ0v) is 25.3. The Balaban J connectivity index is 1.63. The summed E-state index contributed by atoms with van der Waals surface area (Å²) in [6, 6.07) is 0. The second kappa shape index (κ2) is 20.0. The van der Waals surface area contributed by atoms with E-state index >= 15 is 0 Å². The van der Waals surface area contributed by atoms with Crippen LogP contribution in [0, 0.1) is 0 Å². The fourth-order valence-corrected chi connectivity index (χ4v) is 5.22. The van der Waals surface area contributed by atoms with Gasteiger partial charge in [0.25, 0.3) is 0 Å². The quantitative estimate of drug-likeness (QED) is 0.0487. The molecule has 0 bridgehead atoms. The lowest BCUT2D eigenvalue weighted by Gasteiger charge is -2.43. The first kappa shape index (κ1) is 38.0. The Bertz CT molecular complexity index is 796. The maximum atomic E-state index is 12.2. The third-order valence-corrected chi connectivity index (χ3v) is 8.02. The van der Waals surface area contributed by atoms with E-state index in [2.05, 4.69) is 19.1 Å². The highest BCUT2D eigenvalue weighted by Gasteiger charge is 2.58. The van der Waals surface area contributed by atoms with Gasteiger partial charge in [-0.1, -0.05) is 64.0 Å². The summed E-state index contributed by atoms with van der Waals surface area (Å²) in [4.78, 5) is 12.2. The second-order valence-corrected chi connectivity index (χ2v) is 11.6. The topological polar surface area (TPSA) is 216 Å². The molecule has 0 aromatic carbocycles. The number of allylic oxidation sites excluding steroid dienone is 1. The fourth-order valence-electron chi connectivity index (χ4n) is 5.22. The number of ether oxygens (including phenoxy) is 4. The van der Waals surface area contributed by atoms with Crippen molar-refractivity contribution in [2.75, 3.05) is 19.8 Å². The molecule has 2 aliphatic heterocycles. The van der Waals surface area contributed by atoms with Gasteiger partial charge in [-0.25, -0.2) is 0 Å². The van der Waals surface area contributed by atoms with Crippen molar-refractivity contribution in [1.82, 2.24) is 0 Å². The summed E-state index contributed by atoms with van der Waals surface area (Å²) in [7, 11) is 0. The molecule has 0 aromatic rings. The van der Waals surface area contributed by atoms with Crippen LogP contribution in [0.15, 0.2) is 12.2 Å². The predicted octanol–water partition coefficient (Wildman–Crippen LogP) is 0.164. The Morgan fingerprint density at radius 2 is 1.56 bits per heavy atom. The van der Waals surface area contributed by atoms with Crippen molar-refractivity contribution in [1.29, 1.82) is 0 Å². The number of aliphatic hydroxyl groups excluding tert-OH is 8. The molecule has 13 nitrogen and oxygen atoms in total.